The van der Waals surface area contributed by atoms with Crippen LogP contribution in [-0.2, 0) is 15.1 Å². The highest BCUT2D eigenvalue weighted by molar-refractivity contribution is 5.85. The van der Waals surface area contributed by atoms with E-state index in [9.17, 15) is 9.18 Å². The summed E-state index contributed by atoms with van der Waals surface area (Å²) in [4.78, 5) is 16.0. The normalized spacial score (nSPS) is 13.3. The second kappa shape index (κ2) is 5.91. The molecule has 0 aliphatic carbocycles. The molecule has 0 radical (unpaired) electrons. The standard InChI is InChI=1S/C16H17FN2O2/c1-11-5-4-6-14(7-11)19-16(2,15(20)21-3)12-8-13(17)10-18-9-12/h4-10,19H,1-3H3. The van der Waals surface area contributed by atoms with Crippen molar-refractivity contribution in [3.05, 3.63) is 59.7 Å². The molecule has 0 bridgehead atoms. The summed E-state index contributed by atoms with van der Waals surface area (Å²) in [6, 6.07) is 8.82. The van der Waals surface area contributed by atoms with Gasteiger partial charge in [-0.15, -0.1) is 0 Å². The van der Waals surface area contributed by atoms with Crippen LogP contribution in [0.2, 0.25) is 0 Å². The number of hydrogen-bond acceptors (Lipinski definition) is 4. The van der Waals surface area contributed by atoms with Crippen molar-refractivity contribution in [2.75, 3.05) is 12.4 Å². The number of esters is 1. The van der Waals surface area contributed by atoms with E-state index in [2.05, 4.69) is 10.3 Å². The summed E-state index contributed by atoms with van der Waals surface area (Å²) in [5, 5.41) is 3.11. The van der Waals surface area contributed by atoms with Gasteiger partial charge in [-0.2, -0.15) is 0 Å². The number of halogens is 1. The van der Waals surface area contributed by atoms with Crippen molar-refractivity contribution in [1.29, 1.82) is 0 Å². The minimum atomic E-state index is -1.22. The molecule has 2 rings (SSSR count). The lowest BCUT2D eigenvalue weighted by Gasteiger charge is -2.29. The van der Waals surface area contributed by atoms with Crippen molar-refractivity contribution in [2.45, 2.75) is 19.4 Å². The molecule has 0 saturated heterocycles. The lowest BCUT2D eigenvalue weighted by atomic mass is 9.92. The molecule has 5 heteroatoms. The Morgan fingerprint density at radius 3 is 2.71 bits per heavy atom. The number of methoxy groups -OCH3 is 1. The summed E-state index contributed by atoms with van der Waals surface area (Å²) in [5.41, 5.74) is 0.963. The van der Waals surface area contributed by atoms with Crippen LogP contribution in [0.25, 0.3) is 0 Å². The first-order valence-electron chi connectivity index (χ1n) is 6.50. The van der Waals surface area contributed by atoms with Gasteiger partial charge in [0.1, 0.15) is 5.82 Å². The summed E-state index contributed by atoms with van der Waals surface area (Å²) < 4.78 is 18.3. The highest BCUT2D eigenvalue weighted by atomic mass is 19.1. The van der Waals surface area contributed by atoms with Gasteiger partial charge in [-0.25, -0.2) is 9.18 Å². The largest absolute Gasteiger partial charge is 0.467 e. The van der Waals surface area contributed by atoms with Gasteiger partial charge in [-0.1, -0.05) is 12.1 Å². The van der Waals surface area contributed by atoms with Gasteiger partial charge in [-0.3, -0.25) is 4.98 Å². The first-order chi connectivity index (χ1) is 9.95. The predicted octanol–water partition coefficient (Wildman–Crippen LogP) is 3.03. The molecule has 0 amide bonds. The molecule has 1 heterocycles. The van der Waals surface area contributed by atoms with Crippen molar-refractivity contribution in [1.82, 2.24) is 4.98 Å². The SMILES string of the molecule is COC(=O)C(C)(Nc1cccc(C)c1)c1cncc(F)c1. The van der Waals surface area contributed by atoms with Gasteiger partial charge < -0.3 is 10.1 Å². The molecule has 21 heavy (non-hydrogen) atoms. The number of aromatic nitrogens is 1. The number of carbonyl (C=O) groups is 1. The van der Waals surface area contributed by atoms with E-state index < -0.39 is 17.3 Å². The fourth-order valence-corrected chi connectivity index (χ4v) is 2.14. The van der Waals surface area contributed by atoms with E-state index in [0.717, 1.165) is 17.4 Å². The number of benzene rings is 1. The third-order valence-electron chi connectivity index (χ3n) is 3.29. The minimum absolute atomic E-state index is 0.399. The van der Waals surface area contributed by atoms with Crippen LogP contribution in [0.1, 0.15) is 18.1 Å². The predicted molar refractivity (Wildman–Crippen MR) is 78.4 cm³/mol. The number of pyridine rings is 1. The van der Waals surface area contributed by atoms with Gasteiger partial charge in [0.15, 0.2) is 5.54 Å². The third kappa shape index (κ3) is 3.18. The van der Waals surface area contributed by atoms with E-state index in [4.69, 9.17) is 4.74 Å². The minimum Gasteiger partial charge on any atom is -0.467 e. The van der Waals surface area contributed by atoms with E-state index in [0.29, 0.717) is 5.56 Å². The van der Waals surface area contributed by atoms with Gasteiger partial charge in [0.2, 0.25) is 0 Å². The Morgan fingerprint density at radius 1 is 1.33 bits per heavy atom. The van der Waals surface area contributed by atoms with E-state index in [1.807, 2.05) is 31.2 Å². The maximum Gasteiger partial charge on any atom is 0.335 e. The van der Waals surface area contributed by atoms with E-state index in [1.54, 1.807) is 6.92 Å². The van der Waals surface area contributed by atoms with Gasteiger partial charge in [0.25, 0.3) is 0 Å². The van der Waals surface area contributed by atoms with Crippen LogP contribution in [0.4, 0.5) is 10.1 Å². The molecule has 1 aromatic heterocycles. The molecule has 0 spiro atoms. The van der Waals surface area contributed by atoms with Gasteiger partial charge in [0, 0.05) is 17.4 Å². The lowest BCUT2D eigenvalue weighted by molar-refractivity contribution is -0.145. The number of nitrogens with zero attached hydrogens (tertiary/aromatic N) is 1. The fraction of sp³-hybridized carbons (Fsp3) is 0.250. The Bertz CT molecular complexity index is 660. The zero-order chi connectivity index (χ0) is 15.5. The molecule has 1 unspecified atom stereocenters. The summed E-state index contributed by atoms with van der Waals surface area (Å²) in [5.74, 6) is -1.02. The molecule has 4 nitrogen and oxygen atoms in total. The molecule has 0 saturated carbocycles. The Morgan fingerprint density at radius 2 is 2.10 bits per heavy atom. The maximum atomic E-state index is 13.4. The van der Waals surface area contributed by atoms with Crippen LogP contribution < -0.4 is 5.32 Å². The van der Waals surface area contributed by atoms with Crippen molar-refractivity contribution in [3.63, 3.8) is 0 Å². The summed E-state index contributed by atoms with van der Waals surface area (Å²) in [7, 11) is 1.30. The van der Waals surface area contributed by atoms with Crippen molar-refractivity contribution >= 4 is 11.7 Å². The van der Waals surface area contributed by atoms with Crippen LogP contribution >= 0.6 is 0 Å². The van der Waals surface area contributed by atoms with Crippen molar-refractivity contribution in [2.24, 2.45) is 0 Å². The van der Waals surface area contributed by atoms with Crippen molar-refractivity contribution in [3.8, 4) is 0 Å². The summed E-state index contributed by atoms with van der Waals surface area (Å²) in [6.45, 7) is 3.59. The van der Waals surface area contributed by atoms with E-state index in [1.165, 1.54) is 19.4 Å². The second-order valence-corrected chi connectivity index (χ2v) is 5.00. The number of ether oxygens (including phenoxy) is 1. The van der Waals surface area contributed by atoms with Crippen LogP contribution in [0.3, 0.4) is 0 Å². The Hall–Kier alpha value is -2.43. The van der Waals surface area contributed by atoms with Crippen LogP contribution in [0.15, 0.2) is 42.7 Å². The monoisotopic (exact) mass is 288 g/mol. The molecule has 110 valence electrons. The van der Waals surface area contributed by atoms with Gasteiger partial charge in [0.05, 0.1) is 13.3 Å². The van der Waals surface area contributed by atoms with Crippen LogP contribution in [0.5, 0.6) is 0 Å². The molecular formula is C16H17FN2O2. The second-order valence-electron chi connectivity index (χ2n) is 5.00. The van der Waals surface area contributed by atoms with Crippen LogP contribution in [-0.4, -0.2) is 18.1 Å². The average Bonchev–Trinajstić information content (AvgIpc) is 2.46. The van der Waals surface area contributed by atoms with E-state index in [-0.39, 0.29) is 0 Å². The molecular weight excluding hydrogens is 271 g/mol. The molecule has 0 aliphatic rings. The molecule has 1 N–H and O–H groups in total. The van der Waals surface area contributed by atoms with Crippen LogP contribution in [0, 0.1) is 12.7 Å². The Labute approximate surface area is 123 Å². The maximum absolute atomic E-state index is 13.4. The smallest absolute Gasteiger partial charge is 0.335 e. The van der Waals surface area contributed by atoms with E-state index >= 15 is 0 Å². The Balaban J connectivity index is 2.45. The zero-order valence-electron chi connectivity index (χ0n) is 12.2. The molecule has 0 fully saturated rings. The fourth-order valence-electron chi connectivity index (χ4n) is 2.14. The summed E-state index contributed by atoms with van der Waals surface area (Å²) >= 11 is 0. The van der Waals surface area contributed by atoms with Gasteiger partial charge in [-0.05, 0) is 37.6 Å². The lowest BCUT2D eigenvalue weighted by Crippen LogP contribution is -2.41. The summed E-state index contributed by atoms with van der Waals surface area (Å²) in [6.07, 6.45) is 2.54. The first kappa shape index (κ1) is 15.0. The quantitative estimate of drug-likeness (QED) is 0.879. The molecule has 1 aromatic carbocycles. The number of carbonyl (C=O) groups excluding carboxylic acids is 1. The highest BCUT2D eigenvalue weighted by Crippen LogP contribution is 2.28. The number of nitrogens with one attached hydrogen (secondary N) is 1. The number of anilines is 1. The molecule has 1 atom stereocenters. The average molecular weight is 288 g/mol. The van der Waals surface area contributed by atoms with Crippen molar-refractivity contribution < 1.29 is 13.9 Å². The molecule has 2 aromatic rings. The topological polar surface area (TPSA) is 51.2 Å². The molecule has 0 aliphatic heterocycles. The van der Waals surface area contributed by atoms with Gasteiger partial charge >= 0.3 is 5.97 Å². The first-order valence-corrected chi connectivity index (χ1v) is 6.50. The number of rotatable bonds is 4. The highest BCUT2D eigenvalue weighted by Gasteiger charge is 2.37. The number of hydrogen-bond donors (Lipinski definition) is 1. The number of aryl methyl sites for hydroxylation is 1. The zero-order valence-corrected chi connectivity index (χ0v) is 12.2. The third-order valence-corrected chi connectivity index (χ3v) is 3.29. The Kier molecular flexibility index (Phi) is 4.21.